The van der Waals surface area contributed by atoms with Crippen molar-refractivity contribution in [2.45, 2.75) is 17.0 Å². The van der Waals surface area contributed by atoms with Gasteiger partial charge in [0.25, 0.3) is 0 Å². The van der Waals surface area contributed by atoms with Gasteiger partial charge in [0.05, 0.1) is 5.75 Å². The molecule has 2 rings (SSSR count). The molecule has 0 unspecified atom stereocenters. The Bertz CT molecular complexity index is 586. The number of hydrogen-bond acceptors (Lipinski definition) is 6. The van der Waals surface area contributed by atoms with Crippen molar-refractivity contribution in [3.05, 3.63) is 35.4 Å². The van der Waals surface area contributed by atoms with Crippen LogP contribution < -0.4 is 5.32 Å². The number of aromatic nitrogens is 2. The van der Waals surface area contributed by atoms with Gasteiger partial charge in [0.15, 0.2) is 4.34 Å². The molecule has 106 valence electrons. The second-order valence-electron chi connectivity index (χ2n) is 4.04. The summed E-state index contributed by atoms with van der Waals surface area (Å²) in [5.74, 6) is 1.22. The number of benzene rings is 1. The van der Waals surface area contributed by atoms with Crippen LogP contribution in [-0.2, 0) is 10.5 Å². The van der Waals surface area contributed by atoms with E-state index >= 15 is 0 Å². The lowest BCUT2D eigenvalue weighted by molar-refractivity contribution is -0.113. The Hall–Kier alpha value is -1.05. The fraction of sp³-hybridized carbons (Fsp3) is 0.308. The predicted octanol–water partition coefficient (Wildman–Crippen LogP) is 3.44. The van der Waals surface area contributed by atoms with Crippen LogP contribution in [0.1, 0.15) is 11.1 Å². The van der Waals surface area contributed by atoms with Crippen LogP contribution in [0.4, 0.5) is 5.13 Å². The first-order chi connectivity index (χ1) is 9.69. The second-order valence-corrected chi connectivity index (χ2v) is 7.06. The van der Waals surface area contributed by atoms with E-state index in [1.54, 1.807) is 11.8 Å². The average molecular weight is 325 g/mol. The van der Waals surface area contributed by atoms with E-state index in [4.69, 9.17) is 0 Å². The third kappa shape index (κ3) is 4.50. The summed E-state index contributed by atoms with van der Waals surface area (Å²) in [6.07, 6.45) is 1.93. The Labute approximate surface area is 130 Å². The van der Waals surface area contributed by atoms with Crippen molar-refractivity contribution < 1.29 is 4.79 Å². The zero-order chi connectivity index (χ0) is 14.4. The molecule has 0 bridgehead atoms. The Kier molecular flexibility index (Phi) is 5.87. The standard InChI is InChI=1S/C13H15N3OS3/c1-9-5-3-4-6-10(9)7-19-8-11(17)14-12-15-16-13(18-2)20-12/h3-6H,7-8H2,1-2H3,(H,14,15,17). The number of nitrogens with one attached hydrogen (secondary N) is 1. The summed E-state index contributed by atoms with van der Waals surface area (Å²) in [7, 11) is 0. The van der Waals surface area contributed by atoms with Crippen molar-refractivity contribution in [3.8, 4) is 0 Å². The summed E-state index contributed by atoms with van der Waals surface area (Å²) in [6, 6.07) is 8.22. The lowest BCUT2D eigenvalue weighted by atomic mass is 10.1. The van der Waals surface area contributed by atoms with Crippen LogP contribution in [0.2, 0.25) is 0 Å². The molecule has 1 amide bonds. The van der Waals surface area contributed by atoms with E-state index < -0.39 is 0 Å². The molecule has 2 aromatic rings. The minimum Gasteiger partial charge on any atom is -0.300 e. The van der Waals surface area contributed by atoms with Gasteiger partial charge < -0.3 is 0 Å². The van der Waals surface area contributed by atoms with Crippen LogP contribution >= 0.6 is 34.9 Å². The van der Waals surface area contributed by atoms with Crippen molar-refractivity contribution >= 4 is 45.9 Å². The maximum Gasteiger partial charge on any atom is 0.236 e. The zero-order valence-corrected chi connectivity index (χ0v) is 13.7. The highest BCUT2D eigenvalue weighted by molar-refractivity contribution is 8.00. The van der Waals surface area contributed by atoms with Crippen LogP contribution in [0.15, 0.2) is 28.6 Å². The molecule has 0 spiro atoms. The summed E-state index contributed by atoms with van der Waals surface area (Å²) >= 11 is 4.51. The normalized spacial score (nSPS) is 10.5. The predicted molar refractivity (Wildman–Crippen MR) is 87.7 cm³/mol. The van der Waals surface area contributed by atoms with Gasteiger partial charge in [0.2, 0.25) is 11.0 Å². The number of nitrogens with zero attached hydrogens (tertiary/aromatic N) is 2. The average Bonchev–Trinajstić information content (AvgIpc) is 2.88. The van der Waals surface area contributed by atoms with Gasteiger partial charge in [-0.3, -0.25) is 10.1 Å². The van der Waals surface area contributed by atoms with Crippen molar-refractivity contribution in [1.29, 1.82) is 0 Å². The van der Waals surface area contributed by atoms with Crippen molar-refractivity contribution in [1.82, 2.24) is 10.2 Å². The fourth-order valence-electron chi connectivity index (χ4n) is 1.52. The van der Waals surface area contributed by atoms with Crippen molar-refractivity contribution in [2.75, 3.05) is 17.3 Å². The van der Waals surface area contributed by atoms with Gasteiger partial charge in [-0.05, 0) is 24.3 Å². The van der Waals surface area contributed by atoms with Gasteiger partial charge in [0, 0.05) is 5.75 Å². The monoisotopic (exact) mass is 325 g/mol. The SMILES string of the molecule is CSc1nnc(NC(=O)CSCc2ccccc2C)s1. The molecular weight excluding hydrogens is 310 g/mol. The summed E-state index contributed by atoms with van der Waals surface area (Å²) in [5.41, 5.74) is 2.53. The number of hydrogen-bond donors (Lipinski definition) is 1. The molecule has 1 aromatic carbocycles. The van der Waals surface area contributed by atoms with Crippen LogP contribution in [0.3, 0.4) is 0 Å². The van der Waals surface area contributed by atoms with Gasteiger partial charge in [-0.25, -0.2) is 0 Å². The molecule has 4 nitrogen and oxygen atoms in total. The zero-order valence-electron chi connectivity index (χ0n) is 11.3. The third-order valence-electron chi connectivity index (χ3n) is 2.58. The first kappa shape index (κ1) is 15.3. The number of amides is 1. The van der Waals surface area contributed by atoms with Gasteiger partial charge in [0.1, 0.15) is 0 Å². The maximum absolute atomic E-state index is 11.8. The van der Waals surface area contributed by atoms with Gasteiger partial charge >= 0.3 is 0 Å². The molecule has 1 heterocycles. The summed E-state index contributed by atoms with van der Waals surface area (Å²) in [6.45, 7) is 2.08. The molecule has 0 saturated carbocycles. The number of carbonyl (C=O) groups is 1. The minimum atomic E-state index is -0.0348. The lowest BCUT2D eigenvalue weighted by Gasteiger charge is -2.05. The largest absolute Gasteiger partial charge is 0.300 e. The lowest BCUT2D eigenvalue weighted by Crippen LogP contribution is -2.14. The molecule has 7 heteroatoms. The number of aryl methyl sites for hydroxylation is 1. The van der Waals surface area contributed by atoms with E-state index in [2.05, 4.69) is 34.6 Å². The fourth-order valence-corrected chi connectivity index (χ4v) is 3.61. The number of rotatable bonds is 6. The summed E-state index contributed by atoms with van der Waals surface area (Å²) in [4.78, 5) is 11.8. The minimum absolute atomic E-state index is 0.0348. The molecule has 0 radical (unpaired) electrons. The molecule has 0 saturated heterocycles. The molecule has 1 aromatic heterocycles. The third-order valence-corrected chi connectivity index (χ3v) is 5.38. The van der Waals surface area contributed by atoms with Crippen molar-refractivity contribution in [3.63, 3.8) is 0 Å². The van der Waals surface area contributed by atoms with Crippen LogP contribution in [0, 0.1) is 6.92 Å². The van der Waals surface area contributed by atoms with Gasteiger partial charge in [-0.2, -0.15) is 0 Å². The Morgan fingerprint density at radius 1 is 1.35 bits per heavy atom. The van der Waals surface area contributed by atoms with Crippen LogP contribution in [0.25, 0.3) is 0 Å². The molecule has 0 atom stereocenters. The van der Waals surface area contributed by atoms with Crippen LogP contribution in [-0.4, -0.2) is 28.1 Å². The number of anilines is 1. The Morgan fingerprint density at radius 3 is 2.85 bits per heavy atom. The quantitative estimate of drug-likeness (QED) is 0.651. The summed E-state index contributed by atoms with van der Waals surface area (Å²) in [5, 5.41) is 11.2. The van der Waals surface area contributed by atoms with Crippen molar-refractivity contribution in [2.24, 2.45) is 0 Å². The first-order valence-electron chi connectivity index (χ1n) is 5.98. The molecule has 0 aliphatic rings. The molecule has 20 heavy (non-hydrogen) atoms. The highest BCUT2D eigenvalue weighted by atomic mass is 32.2. The smallest absolute Gasteiger partial charge is 0.236 e. The molecule has 0 aliphatic carbocycles. The Morgan fingerprint density at radius 2 is 2.15 bits per heavy atom. The van der Waals surface area contributed by atoms with Gasteiger partial charge in [-0.15, -0.1) is 22.0 Å². The first-order valence-corrected chi connectivity index (χ1v) is 9.18. The van der Waals surface area contributed by atoms with E-state index in [1.807, 2.05) is 18.4 Å². The van der Waals surface area contributed by atoms with Crippen LogP contribution in [0.5, 0.6) is 0 Å². The topological polar surface area (TPSA) is 54.9 Å². The van der Waals surface area contributed by atoms with E-state index in [0.29, 0.717) is 10.9 Å². The molecule has 1 N–H and O–H groups in total. The molecular formula is C13H15N3OS3. The second kappa shape index (κ2) is 7.66. The summed E-state index contributed by atoms with van der Waals surface area (Å²) < 4.78 is 0.855. The van der Waals surface area contributed by atoms with E-state index in [0.717, 1.165) is 10.1 Å². The molecule has 0 aliphatic heterocycles. The molecule has 0 fully saturated rings. The Balaban J connectivity index is 1.77. The van der Waals surface area contributed by atoms with E-state index in [9.17, 15) is 4.79 Å². The van der Waals surface area contributed by atoms with E-state index in [1.165, 1.54) is 34.2 Å². The highest BCUT2D eigenvalue weighted by Gasteiger charge is 2.08. The van der Waals surface area contributed by atoms with Gasteiger partial charge in [-0.1, -0.05) is 47.4 Å². The number of thioether (sulfide) groups is 2. The highest BCUT2D eigenvalue weighted by Crippen LogP contribution is 2.23. The number of carbonyl (C=O) groups excluding carboxylic acids is 1. The maximum atomic E-state index is 11.8. The van der Waals surface area contributed by atoms with E-state index in [-0.39, 0.29) is 5.91 Å².